The van der Waals surface area contributed by atoms with Crippen LogP contribution in [0.4, 0.5) is 0 Å². The van der Waals surface area contributed by atoms with E-state index in [0.29, 0.717) is 12.2 Å². The predicted molar refractivity (Wildman–Crippen MR) is 97.5 cm³/mol. The van der Waals surface area contributed by atoms with Gasteiger partial charge < -0.3 is 14.8 Å². The molecule has 1 aromatic heterocycles. The van der Waals surface area contributed by atoms with Crippen LogP contribution >= 0.6 is 11.3 Å². The van der Waals surface area contributed by atoms with Gasteiger partial charge in [-0.3, -0.25) is 4.79 Å². The molecule has 0 bridgehead atoms. The van der Waals surface area contributed by atoms with Crippen molar-refractivity contribution in [2.45, 2.75) is 39.5 Å². The average molecular weight is 361 g/mol. The molecule has 0 aliphatic rings. The van der Waals surface area contributed by atoms with E-state index in [1.165, 1.54) is 0 Å². The highest BCUT2D eigenvalue weighted by Crippen LogP contribution is 2.17. The van der Waals surface area contributed by atoms with Crippen LogP contribution in [0.15, 0.2) is 41.8 Å². The van der Waals surface area contributed by atoms with E-state index in [-0.39, 0.29) is 24.7 Å². The van der Waals surface area contributed by atoms with Gasteiger partial charge in [0.2, 0.25) is 0 Å². The van der Waals surface area contributed by atoms with E-state index in [4.69, 9.17) is 9.47 Å². The predicted octanol–water partition coefficient (Wildman–Crippen LogP) is 3.71. The Morgan fingerprint density at radius 2 is 1.84 bits per heavy atom. The minimum Gasteiger partial charge on any atom is -0.452 e. The van der Waals surface area contributed by atoms with E-state index in [1.807, 2.05) is 50.4 Å². The Kier molecular flexibility index (Phi) is 7.16. The van der Waals surface area contributed by atoms with Crippen LogP contribution in [0.5, 0.6) is 0 Å². The van der Waals surface area contributed by atoms with Gasteiger partial charge in [-0.2, -0.15) is 0 Å². The fourth-order valence-corrected chi connectivity index (χ4v) is 2.84. The Morgan fingerprint density at radius 3 is 2.44 bits per heavy atom. The summed E-state index contributed by atoms with van der Waals surface area (Å²) < 4.78 is 10.6. The SMILES string of the molecule is CC(C)OCc1ccc(C(=O)OCC(=O)N[C@@H](C)c2cccs2)cc1. The Bertz CT molecular complexity index is 680. The number of hydrogen-bond acceptors (Lipinski definition) is 5. The molecule has 1 heterocycles. The second-order valence-electron chi connectivity index (χ2n) is 5.94. The summed E-state index contributed by atoms with van der Waals surface area (Å²) >= 11 is 1.57. The van der Waals surface area contributed by atoms with Crippen molar-refractivity contribution >= 4 is 23.2 Å². The lowest BCUT2D eigenvalue weighted by molar-refractivity contribution is -0.124. The van der Waals surface area contributed by atoms with Gasteiger partial charge in [-0.1, -0.05) is 18.2 Å². The maximum absolute atomic E-state index is 12.0. The molecule has 0 saturated carbocycles. The molecule has 0 fully saturated rings. The number of amides is 1. The number of ether oxygens (including phenoxy) is 2. The third-order valence-corrected chi connectivity index (χ3v) is 4.51. The van der Waals surface area contributed by atoms with Crippen LogP contribution in [0.2, 0.25) is 0 Å². The van der Waals surface area contributed by atoms with Gasteiger partial charge in [0.15, 0.2) is 6.61 Å². The molecule has 25 heavy (non-hydrogen) atoms. The average Bonchev–Trinajstić information content (AvgIpc) is 3.13. The Balaban J connectivity index is 1.78. The molecular formula is C19H23NO4S. The zero-order valence-corrected chi connectivity index (χ0v) is 15.5. The molecule has 0 saturated heterocycles. The van der Waals surface area contributed by atoms with E-state index < -0.39 is 5.97 Å². The number of carbonyl (C=O) groups excluding carboxylic acids is 2. The summed E-state index contributed by atoms with van der Waals surface area (Å²) in [5.41, 5.74) is 1.39. The first-order chi connectivity index (χ1) is 12.0. The molecule has 2 aromatic rings. The van der Waals surface area contributed by atoms with Crippen molar-refractivity contribution in [3.63, 3.8) is 0 Å². The van der Waals surface area contributed by atoms with Crippen molar-refractivity contribution in [1.82, 2.24) is 5.32 Å². The van der Waals surface area contributed by atoms with Gasteiger partial charge in [0.25, 0.3) is 5.91 Å². The molecule has 1 N–H and O–H groups in total. The third kappa shape index (κ3) is 6.32. The van der Waals surface area contributed by atoms with E-state index in [1.54, 1.807) is 23.5 Å². The lowest BCUT2D eigenvalue weighted by Crippen LogP contribution is -2.30. The van der Waals surface area contributed by atoms with Crippen molar-refractivity contribution in [1.29, 1.82) is 0 Å². The lowest BCUT2D eigenvalue weighted by Gasteiger charge is -2.12. The van der Waals surface area contributed by atoms with Crippen molar-refractivity contribution < 1.29 is 19.1 Å². The lowest BCUT2D eigenvalue weighted by atomic mass is 10.1. The maximum atomic E-state index is 12.0. The number of thiophene rings is 1. The molecule has 2 rings (SSSR count). The quantitative estimate of drug-likeness (QED) is 0.728. The number of hydrogen-bond donors (Lipinski definition) is 1. The van der Waals surface area contributed by atoms with E-state index in [9.17, 15) is 9.59 Å². The van der Waals surface area contributed by atoms with E-state index >= 15 is 0 Å². The van der Waals surface area contributed by atoms with E-state index in [0.717, 1.165) is 10.4 Å². The van der Waals surface area contributed by atoms with Crippen molar-refractivity contribution in [3.05, 3.63) is 57.8 Å². The number of rotatable bonds is 8. The van der Waals surface area contributed by atoms with Crippen LogP contribution in [0.25, 0.3) is 0 Å². The summed E-state index contributed by atoms with van der Waals surface area (Å²) in [6, 6.07) is 10.8. The molecular weight excluding hydrogens is 338 g/mol. The Morgan fingerprint density at radius 1 is 1.12 bits per heavy atom. The van der Waals surface area contributed by atoms with Gasteiger partial charge in [-0.05, 0) is 49.9 Å². The first-order valence-corrected chi connectivity index (χ1v) is 9.04. The van der Waals surface area contributed by atoms with Gasteiger partial charge in [-0.25, -0.2) is 4.79 Å². The molecule has 0 spiro atoms. The zero-order chi connectivity index (χ0) is 18.2. The normalized spacial score (nSPS) is 12.0. The van der Waals surface area contributed by atoms with Gasteiger partial charge in [0.1, 0.15) is 0 Å². The van der Waals surface area contributed by atoms with Crippen LogP contribution in [0.1, 0.15) is 47.6 Å². The second-order valence-corrected chi connectivity index (χ2v) is 6.92. The van der Waals surface area contributed by atoms with Gasteiger partial charge in [0, 0.05) is 4.88 Å². The molecule has 6 heteroatoms. The summed E-state index contributed by atoms with van der Waals surface area (Å²) in [5, 5.41) is 4.76. The molecule has 0 radical (unpaired) electrons. The third-order valence-electron chi connectivity index (χ3n) is 3.45. The highest BCUT2D eigenvalue weighted by Gasteiger charge is 2.13. The maximum Gasteiger partial charge on any atom is 0.338 e. The summed E-state index contributed by atoms with van der Waals surface area (Å²) in [4.78, 5) is 25.0. The first kappa shape index (κ1) is 19.1. The number of esters is 1. The molecule has 1 atom stereocenters. The molecule has 1 aromatic carbocycles. The zero-order valence-electron chi connectivity index (χ0n) is 14.7. The molecule has 5 nitrogen and oxygen atoms in total. The van der Waals surface area contributed by atoms with Crippen molar-refractivity contribution in [2.24, 2.45) is 0 Å². The summed E-state index contributed by atoms with van der Waals surface area (Å²) in [6.45, 7) is 6.03. The fraction of sp³-hybridized carbons (Fsp3) is 0.368. The number of benzene rings is 1. The van der Waals surface area contributed by atoms with Crippen LogP contribution in [0.3, 0.4) is 0 Å². The standard InChI is InChI=1S/C19H23NO4S/c1-13(2)23-11-15-6-8-16(9-7-15)19(22)24-12-18(21)20-14(3)17-5-4-10-25-17/h4-10,13-14H,11-12H2,1-3H3,(H,20,21)/t14-/m0/s1. The van der Waals surface area contributed by atoms with Crippen LogP contribution < -0.4 is 5.32 Å². The number of nitrogens with one attached hydrogen (secondary N) is 1. The summed E-state index contributed by atoms with van der Waals surface area (Å²) in [7, 11) is 0. The molecule has 134 valence electrons. The minimum absolute atomic E-state index is 0.105. The minimum atomic E-state index is -0.518. The molecule has 0 aliphatic carbocycles. The Labute approximate surface area is 152 Å². The van der Waals surface area contributed by atoms with E-state index in [2.05, 4.69) is 5.32 Å². The summed E-state index contributed by atoms with van der Waals surface area (Å²) in [5.74, 6) is -0.841. The van der Waals surface area contributed by atoms with Gasteiger partial charge in [-0.15, -0.1) is 11.3 Å². The van der Waals surface area contributed by atoms with Gasteiger partial charge >= 0.3 is 5.97 Å². The highest BCUT2D eigenvalue weighted by atomic mass is 32.1. The van der Waals surface area contributed by atoms with Crippen molar-refractivity contribution in [2.75, 3.05) is 6.61 Å². The summed E-state index contributed by atoms with van der Waals surface area (Å²) in [6.07, 6.45) is 0.153. The first-order valence-electron chi connectivity index (χ1n) is 8.16. The second kappa shape index (κ2) is 9.34. The highest BCUT2D eigenvalue weighted by molar-refractivity contribution is 7.10. The fourth-order valence-electron chi connectivity index (χ4n) is 2.11. The van der Waals surface area contributed by atoms with Crippen LogP contribution in [0, 0.1) is 0 Å². The smallest absolute Gasteiger partial charge is 0.338 e. The largest absolute Gasteiger partial charge is 0.452 e. The topological polar surface area (TPSA) is 64.6 Å². The van der Waals surface area contributed by atoms with Crippen LogP contribution in [-0.4, -0.2) is 24.6 Å². The van der Waals surface area contributed by atoms with Gasteiger partial charge in [0.05, 0.1) is 24.3 Å². The molecule has 1 amide bonds. The molecule has 0 unspecified atom stereocenters. The Hall–Kier alpha value is -2.18. The van der Waals surface area contributed by atoms with Crippen LogP contribution in [-0.2, 0) is 20.9 Å². The van der Waals surface area contributed by atoms with Crippen molar-refractivity contribution in [3.8, 4) is 0 Å². The number of carbonyl (C=O) groups is 2. The molecule has 0 aliphatic heterocycles. The monoisotopic (exact) mass is 361 g/mol.